The van der Waals surface area contributed by atoms with Crippen LogP contribution in [0.4, 0.5) is 0 Å². The van der Waals surface area contributed by atoms with Crippen molar-refractivity contribution in [1.82, 2.24) is 19.9 Å². The first-order chi connectivity index (χ1) is 9.28. The Morgan fingerprint density at radius 2 is 2.16 bits per heavy atom. The smallest absolute Gasteiger partial charge is 0.137 e. The van der Waals surface area contributed by atoms with Crippen LogP contribution in [0, 0.1) is 0 Å². The highest BCUT2D eigenvalue weighted by molar-refractivity contribution is 5.73. The van der Waals surface area contributed by atoms with Crippen molar-refractivity contribution in [3.63, 3.8) is 0 Å². The molecule has 0 fully saturated rings. The number of fused-ring (bicyclic) bond motifs is 1. The third-order valence-corrected chi connectivity index (χ3v) is 3.10. The van der Waals surface area contributed by atoms with Crippen LogP contribution in [0.2, 0.25) is 0 Å². The highest BCUT2D eigenvalue weighted by Gasteiger charge is 2.12. The molecule has 0 aliphatic carbocycles. The summed E-state index contributed by atoms with van der Waals surface area (Å²) in [5.41, 5.74) is 2.53. The van der Waals surface area contributed by atoms with Gasteiger partial charge in [0.15, 0.2) is 0 Å². The summed E-state index contributed by atoms with van der Waals surface area (Å²) >= 11 is 0. The van der Waals surface area contributed by atoms with Gasteiger partial charge in [0.05, 0.1) is 0 Å². The van der Waals surface area contributed by atoms with Crippen molar-refractivity contribution in [2.75, 3.05) is 0 Å². The molecule has 6 heteroatoms. The molecule has 0 bridgehead atoms. The number of imidazole rings is 1. The Morgan fingerprint density at radius 3 is 3.00 bits per heavy atom. The Balaban J connectivity index is 1.90. The van der Waals surface area contributed by atoms with E-state index < -0.39 is 6.10 Å². The number of aliphatic hydroxyl groups is 1. The number of hydrogen-bond donors (Lipinski definition) is 1. The fourth-order valence-corrected chi connectivity index (χ4v) is 2.06. The molecule has 0 saturated carbocycles. The topological polar surface area (TPSA) is 77.0 Å². The average Bonchev–Trinajstić information content (AvgIpc) is 3.06. The van der Waals surface area contributed by atoms with Crippen molar-refractivity contribution in [2.45, 2.75) is 26.0 Å². The van der Waals surface area contributed by atoms with Crippen LogP contribution in [-0.2, 0) is 6.54 Å². The summed E-state index contributed by atoms with van der Waals surface area (Å²) in [7, 11) is 0. The standard InChI is InChI=1S/C13H14N4O2/c1-2-12(18)13-14-5-6-17(13)8-9-3-4-10-11(7-9)16-19-15-10/h3-7,12,18H,2,8H2,1H3/t12-/m1/s1. The van der Waals surface area contributed by atoms with Gasteiger partial charge in [-0.2, -0.15) is 0 Å². The molecule has 1 atom stereocenters. The van der Waals surface area contributed by atoms with Crippen LogP contribution in [0.25, 0.3) is 11.0 Å². The summed E-state index contributed by atoms with van der Waals surface area (Å²) < 4.78 is 6.61. The van der Waals surface area contributed by atoms with Gasteiger partial charge in [-0.05, 0) is 34.4 Å². The lowest BCUT2D eigenvalue weighted by Crippen LogP contribution is -2.08. The molecule has 0 amide bonds. The van der Waals surface area contributed by atoms with Gasteiger partial charge in [-0.15, -0.1) is 0 Å². The quantitative estimate of drug-likeness (QED) is 0.773. The van der Waals surface area contributed by atoms with Crippen molar-refractivity contribution in [3.05, 3.63) is 42.0 Å². The summed E-state index contributed by atoms with van der Waals surface area (Å²) in [6.07, 6.45) is 3.67. The molecule has 6 nitrogen and oxygen atoms in total. The normalized spacial score (nSPS) is 12.9. The van der Waals surface area contributed by atoms with Gasteiger partial charge in [0.1, 0.15) is 23.0 Å². The van der Waals surface area contributed by atoms with E-state index in [1.807, 2.05) is 35.9 Å². The van der Waals surface area contributed by atoms with Gasteiger partial charge in [-0.25, -0.2) is 9.61 Å². The highest BCUT2D eigenvalue weighted by Crippen LogP contribution is 2.17. The van der Waals surface area contributed by atoms with Crippen LogP contribution in [-0.4, -0.2) is 25.0 Å². The first kappa shape index (κ1) is 11.9. The van der Waals surface area contributed by atoms with E-state index in [2.05, 4.69) is 19.9 Å². The number of aliphatic hydroxyl groups excluding tert-OH is 1. The van der Waals surface area contributed by atoms with Crippen LogP contribution >= 0.6 is 0 Å². The minimum atomic E-state index is -0.535. The predicted octanol–water partition coefficient (Wildman–Crippen LogP) is 1.91. The van der Waals surface area contributed by atoms with Gasteiger partial charge in [0.2, 0.25) is 0 Å². The maximum absolute atomic E-state index is 9.90. The Hall–Kier alpha value is -2.21. The molecule has 1 N–H and O–H groups in total. The molecule has 2 aromatic heterocycles. The largest absolute Gasteiger partial charge is 0.385 e. The van der Waals surface area contributed by atoms with E-state index >= 15 is 0 Å². The summed E-state index contributed by atoms with van der Waals surface area (Å²) in [5, 5.41) is 17.5. The molecule has 0 aliphatic heterocycles. The van der Waals surface area contributed by atoms with Crippen LogP contribution in [0.5, 0.6) is 0 Å². The second-order valence-electron chi connectivity index (χ2n) is 4.42. The van der Waals surface area contributed by atoms with Gasteiger partial charge < -0.3 is 9.67 Å². The lowest BCUT2D eigenvalue weighted by molar-refractivity contribution is 0.159. The summed E-state index contributed by atoms with van der Waals surface area (Å²) in [4.78, 5) is 4.20. The first-order valence-electron chi connectivity index (χ1n) is 6.18. The molecule has 1 aromatic carbocycles. The molecule has 0 radical (unpaired) electrons. The van der Waals surface area contributed by atoms with E-state index in [1.54, 1.807) is 6.20 Å². The van der Waals surface area contributed by atoms with Crippen molar-refractivity contribution < 1.29 is 9.74 Å². The summed E-state index contributed by atoms with van der Waals surface area (Å²) in [5.74, 6) is 0.681. The van der Waals surface area contributed by atoms with E-state index in [1.165, 1.54) is 0 Å². The van der Waals surface area contributed by atoms with Crippen LogP contribution in [0.1, 0.15) is 30.8 Å². The lowest BCUT2D eigenvalue weighted by atomic mass is 10.2. The Morgan fingerprint density at radius 1 is 1.32 bits per heavy atom. The van der Waals surface area contributed by atoms with Crippen LogP contribution in [0.3, 0.4) is 0 Å². The maximum Gasteiger partial charge on any atom is 0.137 e. The van der Waals surface area contributed by atoms with Crippen LogP contribution in [0.15, 0.2) is 35.2 Å². The van der Waals surface area contributed by atoms with Crippen molar-refractivity contribution in [3.8, 4) is 0 Å². The molecule has 19 heavy (non-hydrogen) atoms. The molecule has 0 saturated heterocycles. The molecule has 0 spiro atoms. The maximum atomic E-state index is 9.90. The van der Waals surface area contributed by atoms with Crippen molar-refractivity contribution in [1.29, 1.82) is 0 Å². The monoisotopic (exact) mass is 258 g/mol. The number of benzene rings is 1. The minimum Gasteiger partial charge on any atom is -0.385 e. The second-order valence-corrected chi connectivity index (χ2v) is 4.42. The second kappa shape index (κ2) is 4.81. The molecule has 98 valence electrons. The molecule has 0 unspecified atom stereocenters. The van der Waals surface area contributed by atoms with E-state index in [0.29, 0.717) is 18.8 Å². The number of rotatable bonds is 4. The van der Waals surface area contributed by atoms with Gasteiger partial charge in [0.25, 0.3) is 0 Å². The van der Waals surface area contributed by atoms with Gasteiger partial charge >= 0.3 is 0 Å². The van der Waals surface area contributed by atoms with Crippen molar-refractivity contribution in [2.24, 2.45) is 0 Å². The molecule has 0 aliphatic rings. The Kier molecular flexibility index (Phi) is 3.00. The summed E-state index contributed by atoms with van der Waals surface area (Å²) in [6.45, 7) is 2.56. The van der Waals surface area contributed by atoms with Gasteiger partial charge in [0, 0.05) is 18.9 Å². The highest BCUT2D eigenvalue weighted by atomic mass is 16.6. The SMILES string of the molecule is CC[C@@H](O)c1nccn1Cc1ccc2nonc2c1. The molecular weight excluding hydrogens is 244 g/mol. The number of nitrogens with zero attached hydrogens (tertiary/aromatic N) is 4. The average molecular weight is 258 g/mol. The first-order valence-corrected chi connectivity index (χ1v) is 6.18. The van der Waals surface area contributed by atoms with Crippen LogP contribution < -0.4 is 0 Å². The predicted molar refractivity (Wildman–Crippen MR) is 68.4 cm³/mol. The van der Waals surface area contributed by atoms with E-state index in [9.17, 15) is 5.11 Å². The molecule has 3 aromatic rings. The lowest BCUT2D eigenvalue weighted by Gasteiger charge is -2.11. The number of aromatic nitrogens is 4. The molecular formula is C13H14N4O2. The summed E-state index contributed by atoms with van der Waals surface area (Å²) in [6, 6.07) is 5.76. The fourth-order valence-electron chi connectivity index (χ4n) is 2.06. The zero-order chi connectivity index (χ0) is 13.2. The van der Waals surface area contributed by atoms with E-state index in [4.69, 9.17) is 0 Å². The molecule has 3 rings (SSSR count). The third kappa shape index (κ3) is 2.22. The van der Waals surface area contributed by atoms with Crippen molar-refractivity contribution >= 4 is 11.0 Å². The Bertz CT molecular complexity index is 689. The molecule has 2 heterocycles. The zero-order valence-corrected chi connectivity index (χ0v) is 10.5. The number of hydrogen-bond acceptors (Lipinski definition) is 5. The third-order valence-electron chi connectivity index (χ3n) is 3.10. The minimum absolute atomic E-state index is 0.535. The zero-order valence-electron chi connectivity index (χ0n) is 10.5. The van der Waals surface area contributed by atoms with Gasteiger partial charge in [-0.1, -0.05) is 13.0 Å². The Labute approximate surface area is 109 Å². The van der Waals surface area contributed by atoms with Gasteiger partial charge in [-0.3, -0.25) is 0 Å². The van der Waals surface area contributed by atoms with E-state index in [-0.39, 0.29) is 0 Å². The fraction of sp³-hybridized carbons (Fsp3) is 0.308. The van der Waals surface area contributed by atoms with E-state index in [0.717, 1.165) is 16.6 Å².